The van der Waals surface area contributed by atoms with Crippen molar-refractivity contribution in [2.75, 3.05) is 5.32 Å². The minimum Gasteiger partial charge on any atom is -0.477 e. The molecule has 0 fully saturated rings. The van der Waals surface area contributed by atoms with Gasteiger partial charge in [-0.3, -0.25) is 4.79 Å². The van der Waals surface area contributed by atoms with Gasteiger partial charge in [0.05, 0.1) is 5.69 Å². The molecular formula is C16H17NO3S. The van der Waals surface area contributed by atoms with Gasteiger partial charge in [-0.05, 0) is 36.8 Å². The zero-order valence-corrected chi connectivity index (χ0v) is 12.6. The van der Waals surface area contributed by atoms with E-state index in [0.717, 1.165) is 24.2 Å². The predicted molar refractivity (Wildman–Crippen MR) is 84.0 cm³/mol. The summed E-state index contributed by atoms with van der Waals surface area (Å²) in [7, 11) is 0. The number of carboxylic acid groups (broad SMARTS) is 1. The second-order valence-corrected chi connectivity index (χ2v) is 5.77. The van der Waals surface area contributed by atoms with Gasteiger partial charge >= 0.3 is 5.97 Å². The van der Waals surface area contributed by atoms with Crippen LogP contribution in [0, 0.1) is 6.92 Å². The first-order chi connectivity index (χ1) is 10.1. The Kier molecular flexibility index (Phi) is 5.11. The Morgan fingerprint density at radius 1 is 1.19 bits per heavy atom. The van der Waals surface area contributed by atoms with Crippen LogP contribution in [0.25, 0.3) is 0 Å². The summed E-state index contributed by atoms with van der Waals surface area (Å²) >= 11 is 1.11. The van der Waals surface area contributed by atoms with E-state index in [1.807, 2.05) is 6.92 Å². The highest BCUT2D eigenvalue weighted by Crippen LogP contribution is 2.22. The lowest BCUT2D eigenvalue weighted by molar-refractivity contribution is -0.116. The third-order valence-electron chi connectivity index (χ3n) is 3.12. The van der Waals surface area contributed by atoms with E-state index in [1.54, 1.807) is 11.4 Å². The van der Waals surface area contributed by atoms with Crippen molar-refractivity contribution >= 4 is 28.9 Å². The number of nitrogens with one attached hydrogen (secondary N) is 1. The molecule has 2 rings (SSSR count). The van der Waals surface area contributed by atoms with Gasteiger partial charge in [-0.25, -0.2) is 4.79 Å². The van der Waals surface area contributed by atoms with E-state index in [1.165, 1.54) is 11.1 Å². The summed E-state index contributed by atoms with van der Waals surface area (Å²) in [5, 5.41) is 13.3. The Bertz CT molecular complexity index is 631. The van der Waals surface area contributed by atoms with Crippen molar-refractivity contribution in [3.05, 3.63) is 51.7 Å². The number of aromatic carboxylic acids is 1. The van der Waals surface area contributed by atoms with Crippen LogP contribution in [0.4, 0.5) is 5.69 Å². The van der Waals surface area contributed by atoms with E-state index < -0.39 is 5.97 Å². The molecule has 110 valence electrons. The Balaban J connectivity index is 1.81. The Morgan fingerprint density at radius 3 is 2.57 bits per heavy atom. The SMILES string of the molecule is Cc1ccc(CCCC(=O)Nc2ccsc2C(=O)O)cc1. The van der Waals surface area contributed by atoms with Crippen LogP contribution in [0.15, 0.2) is 35.7 Å². The molecule has 0 bridgehead atoms. The molecule has 5 heteroatoms. The summed E-state index contributed by atoms with van der Waals surface area (Å²) in [6, 6.07) is 9.86. The molecule has 21 heavy (non-hydrogen) atoms. The lowest BCUT2D eigenvalue weighted by Gasteiger charge is -2.05. The van der Waals surface area contributed by atoms with Crippen LogP contribution in [-0.2, 0) is 11.2 Å². The first-order valence-corrected chi connectivity index (χ1v) is 7.60. The van der Waals surface area contributed by atoms with Crippen LogP contribution in [0.1, 0.15) is 33.6 Å². The van der Waals surface area contributed by atoms with Crippen molar-refractivity contribution in [1.82, 2.24) is 0 Å². The van der Waals surface area contributed by atoms with Gasteiger partial charge in [0.15, 0.2) is 0 Å². The largest absolute Gasteiger partial charge is 0.477 e. The fourth-order valence-corrected chi connectivity index (χ4v) is 2.68. The predicted octanol–water partition coefficient (Wildman–Crippen LogP) is 3.72. The molecule has 4 nitrogen and oxygen atoms in total. The van der Waals surface area contributed by atoms with Gasteiger partial charge in [0, 0.05) is 6.42 Å². The van der Waals surface area contributed by atoms with E-state index in [0.29, 0.717) is 12.1 Å². The smallest absolute Gasteiger partial charge is 0.348 e. The minimum absolute atomic E-state index is 0.150. The number of anilines is 1. The third-order valence-corrected chi connectivity index (χ3v) is 4.03. The van der Waals surface area contributed by atoms with Crippen molar-refractivity contribution in [2.45, 2.75) is 26.2 Å². The summed E-state index contributed by atoms with van der Waals surface area (Å²) < 4.78 is 0. The fraction of sp³-hybridized carbons (Fsp3) is 0.250. The minimum atomic E-state index is -1.01. The average molecular weight is 303 g/mol. The van der Waals surface area contributed by atoms with Crippen molar-refractivity contribution in [2.24, 2.45) is 0 Å². The topological polar surface area (TPSA) is 66.4 Å². The Labute approximate surface area is 127 Å². The number of hydrogen-bond acceptors (Lipinski definition) is 3. The highest BCUT2D eigenvalue weighted by atomic mass is 32.1. The summed E-state index contributed by atoms with van der Waals surface area (Å²) in [4.78, 5) is 22.9. The molecule has 0 spiro atoms. The van der Waals surface area contributed by atoms with Crippen LogP contribution >= 0.6 is 11.3 Å². The molecule has 0 saturated heterocycles. The zero-order chi connectivity index (χ0) is 15.2. The maximum absolute atomic E-state index is 11.8. The van der Waals surface area contributed by atoms with Crippen molar-refractivity contribution in [1.29, 1.82) is 0 Å². The third kappa shape index (κ3) is 4.43. The number of rotatable bonds is 6. The van der Waals surface area contributed by atoms with Gasteiger partial charge in [-0.15, -0.1) is 11.3 Å². The molecule has 0 saturated carbocycles. The molecule has 1 amide bonds. The molecule has 2 aromatic rings. The summed E-state index contributed by atoms with van der Waals surface area (Å²) in [6.07, 6.45) is 1.95. The second-order valence-electron chi connectivity index (χ2n) is 4.86. The monoisotopic (exact) mass is 303 g/mol. The van der Waals surface area contributed by atoms with Crippen molar-refractivity contribution in [3.63, 3.8) is 0 Å². The standard InChI is InChI=1S/C16H17NO3S/c1-11-5-7-12(8-6-11)3-2-4-14(18)17-13-9-10-21-15(13)16(19)20/h5-10H,2-4H2,1H3,(H,17,18)(H,19,20). The quantitative estimate of drug-likeness (QED) is 0.854. The summed E-state index contributed by atoms with van der Waals surface area (Å²) in [5.74, 6) is -1.16. The van der Waals surface area contributed by atoms with E-state index in [2.05, 4.69) is 29.6 Å². The van der Waals surface area contributed by atoms with E-state index in [-0.39, 0.29) is 10.8 Å². The molecule has 1 aromatic carbocycles. The number of hydrogen-bond donors (Lipinski definition) is 2. The highest BCUT2D eigenvalue weighted by Gasteiger charge is 2.13. The normalized spacial score (nSPS) is 10.3. The highest BCUT2D eigenvalue weighted by molar-refractivity contribution is 7.12. The van der Waals surface area contributed by atoms with Crippen molar-refractivity contribution in [3.8, 4) is 0 Å². The number of thiophene rings is 1. The molecule has 0 radical (unpaired) electrons. The van der Waals surface area contributed by atoms with Gasteiger partial charge < -0.3 is 10.4 Å². The number of carbonyl (C=O) groups is 2. The van der Waals surface area contributed by atoms with E-state index in [9.17, 15) is 9.59 Å². The van der Waals surface area contributed by atoms with E-state index in [4.69, 9.17) is 5.11 Å². The van der Waals surface area contributed by atoms with Gasteiger partial charge in [0.2, 0.25) is 5.91 Å². The fourth-order valence-electron chi connectivity index (χ4n) is 1.99. The van der Waals surface area contributed by atoms with Crippen LogP contribution in [0.3, 0.4) is 0 Å². The van der Waals surface area contributed by atoms with Gasteiger partial charge in [-0.1, -0.05) is 29.8 Å². The van der Waals surface area contributed by atoms with Crippen molar-refractivity contribution < 1.29 is 14.7 Å². The van der Waals surface area contributed by atoms with Crippen LogP contribution < -0.4 is 5.32 Å². The molecule has 0 aliphatic heterocycles. The first kappa shape index (κ1) is 15.3. The number of aryl methyl sites for hydroxylation is 2. The maximum Gasteiger partial charge on any atom is 0.348 e. The molecule has 0 aliphatic carbocycles. The number of carbonyl (C=O) groups excluding carboxylic acids is 1. The van der Waals surface area contributed by atoms with E-state index >= 15 is 0 Å². The van der Waals surface area contributed by atoms with Gasteiger partial charge in [-0.2, -0.15) is 0 Å². The zero-order valence-electron chi connectivity index (χ0n) is 11.8. The summed E-state index contributed by atoms with van der Waals surface area (Å²) in [5.41, 5.74) is 2.80. The first-order valence-electron chi connectivity index (χ1n) is 6.72. The molecule has 1 aromatic heterocycles. The van der Waals surface area contributed by atoms with Crippen LogP contribution in [0.5, 0.6) is 0 Å². The maximum atomic E-state index is 11.8. The number of benzene rings is 1. The lowest BCUT2D eigenvalue weighted by Crippen LogP contribution is -2.13. The molecular weight excluding hydrogens is 286 g/mol. The Hall–Kier alpha value is -2.14. The van der Waals surface area contributed by atoms with Gasteiger partial charge in [0.1, 0.15) is 4.88 Å². The lowest BCUT2D eigenvalue weighted by atomic mass is 10.1. The van der Waals surface area contributed by atoms with Crippen LogP contribution in [-0.4, -0.2) is 17.0 Å². The molecule has 0 unspecified atom stereocenters. The second kappa shape index (κ2) is 7.04. The average Bonchev–Trinajstić information content (AvgIpc) is 2.89. The number of amides is 1. The molecule has 1 heterocycles. The summed E-state index contributed by atoms with van der Waals surface area (Å²) in [6.45, 7) is 2.04. The van der Waals surface area contributed by atoms with Crippen LogP contribution in [0.2, 0.25) is 0 Å². The molecule has 0 atom stereocenters. The number of carboxylic acids is 1. The Morgan fingerprint density at radius 2 is 1.90 bits per heavy atom. The molecule has 0 aliphatic rings. The van der Waals surface area contributed by atoms with Gasteiger partial charge in [0.25, 0.3) is 0 Å². The molecule has 2 N–H and O–H groups in total.